The highest BCUT2D eigenvalue weighted by Gasteiger charge is 2.24. The molecule has 17 heavy (non-hydrogen) atoms. The molecule has 1 aliphatic heterocycles. The number of fused-ring (bicyclic) bond motifs is 1. The molecule has 0 bridgehead atoms. The van der Waals surface area contributed by atoms with Crippen LogP contribution >= 0.6 is 11.3 Å². The Labute approximate surface area is 107 Å². The minimum Gasteiger partial charge on any atom is -0.337 e. The van der Waals surface area contributed by atoms with Gasteiger partial charge in [-0.2, -0.15) is 0 Å². The molecule has 0 spiro atoms. The van der Waals surface area contributed by atoms with E-state index in [9.17, 15) is 4.79 Å². The summed E-state index contributed by atoms with van der Waals surface area (Å²) in [5.41, 5.74) is 7.24. The average molecular weight is 252 g/mol. The summed E-state index contributed by atoms with van der Waals surface area (Å²) in [6, 6.07) is 1.81. The Morgan fingerprint density at radius 1 is 1.65 bits per heavy atom. The molecule has 1 aliphatic rings. The van der Waals surface area contributed by atoms with Crippen molar-refractivity contribution in [1.82, 2.24) is 4.90 Å². The quantitative estimate of drug-likeness (QED) is 0.892. The van der Waals surface area contributed by atoms with Gasteiger partial charge in [-0.05, 0) is 29.9 Å². The molecule has 0 radical (unpaired) electrons. The first-order valence-electron chi connectivity index (χ1n) is 6.32. The van der Waals surface area contributed by atoms with Crippen LogP contribution in [0.2, 0.25) is 0 Å². The maximum Gasteiger partial charge on any atom is 0.239 e. The molecule has 2 rings (SSSR count). The van der Waals surface area contributed by atoms with Crippen LogP contribution in [0.3, 0.4) is 0 Å². The van der Waals surface area contributed by atoms with Crippen LogP contribution in [-0.4, -0.2) is 23.4 Å². The summed E-state index contributed by atoms with van der Waals surface area (Å²) in [7, 11) is 0. The molecule has 1 amide bonds. The molecule has 0 saturated carbocycles. The first kappa shape index (κ1) is 12.6. The Morgan fingerprint density at radius 2 is 2.47 bits per heavy atom. The first-order valence-corrected chi connectivity index (χ1v) is 7.20. The van der Waals surface area contributed by atoms with Gasteiger partial charge < -0.3 is 10.6 Å². The second-order valence-corrected chi connectivity index (χ2v) is 5.63. The fourth-order valence-electron chi connectivity index (χ4n) is 2.22. The van der Waals surface area contributed by atoms with Gasteiger partial charge in [0.2, 0.25) is 5.91 Å². The summed E-state index contributed by atoms with van der Waals surface area (Å²) in [6.07, 6.45) is 3.92. The third-order valence-electron chi connectivity index (χ3n) is 3.31. The topological polar surface area (TPSA) is 46.3 Å². The number of hydrogen-bond acceptors (Lipinski definition) is 3. The van der Waals surface area contributed by atoms with Crippen molar-refractivity contribution in [3.05, 3.63) is 21.9 Å². The Morgan fingerprint density at radius 3 is 3.24 bits per heavy atom. The normalized spacial score (nSPS) is 16.7. The number of amides is 1. The molecule has 3 nitrogen and oxygen atoms in total. The zero-order valence-electron chi connectivity index (χ0n) is 10.3. The lowest BCUT2D eigenvalue weighted by molar-refractivity contribution is -0.133. The third kappa shape index (κ3) is 2.87. The minimum atomic E-state index is -0.310. The molecule has 2 N–H and O–H groups in total. The van der Waals surface area contributed by atoms with Crippen molar-refractivity contribution >= 4 is 17.2 Å². The van der Waals surface area contributed by atoms with E-state index in [0.29, 0.717) is 0 Å². The fourth-order valence-corrected chi connectivity index (χ4v) is 3.11. The van der Waals surface area contributed by atoms with Crippen LogP contribution in [0.15, 0.2) is 11.4 Å². The smallest absolute Gasteiger partial charge is 0.239 e. The maximum absolute atomic E-state index is 12.1. The number of unbranched alkanes of at least 4 members (excludes halogenated alkanes) is 1. The largest absolute Gasteiger partial charge is 0.337 e. The number of hydrogen-bond donors (Lipinski definition) is 1. The highest BCUT2D eigenvalue weighted by Crippen LogP contribution is 2.24. The standard InChI is InChI=1S/C13H20N2OS/c1-2-3-4-11(14)13(16)15-7-5-12-10(9-15)6-8-17-12/h6,8,11H,2-5,7,9,14H2,1H3/t11-/m0/s1. The van der Waals surface area contributed by atoms with Gasteiger partial charge in [0, 0.05) is 18.0 Å². The number of carbonyl (C=O) groups is 1. The zero-order valence-corrected chi connectivity index (χ0v) is 11.1. The summed E-state index contributed by atoms with van der Waals surface area (Å²) in [6.45, 7) is 3.69. The molecule has 1 aromatic rings. The number of rotatable bonds is 4. The molecular formula is C13H20N2OS. The lowest BCUT2D eigenvalue weighted by Gasteiger charge is -2.29. The lowest BCUT2D eigenvalue weighted by atomic mass is 10.1. The predicted molar refractivity (Wildman–Crippen MR) is 70.9 cm³/mol. The molecule has 0 fully saturated rings. The van der Waals surface area contributed by atoms with Crippen molar-refractivity contribution in [2.45, 2.75) is 45.2 Å². The van der Waals surface area contributed by atoms with Gasteiger partial charge in [0.05, 0.1) is 6.04 Å². The van der Waals surface area contributed by atoms with E-state index in [4.69, 9.17) is 5.73 Å². The second-order valence-electron chi connectivity index (χ2n) is 4.63. The van der Waals surface area contributed by atoms with Crippen LogP contribution in [0.5, 0.6) is 0 Å². The summed E-state index contributed by atoms with van der Waals surface area (Å²) >= 11 is 1.79. The molecule has 0 aliphatic carbocycles. The second kappa shape index (κ2) is 5.65. The van der Waals surface area contributed by atoms with Crippen molar-refractivity contribution in [2.24, 2.45) is 5.73 Å². The van der Waals surface area contributed by atoms with Gasteiger partial charge in [0.15, 0.2) is 0 Å². The Kier molecular flexibility index (Phi) is 4.18. The molecule has 0 unspecified atom stereocenters. The monoisotopic (exact) mass is 252 g/mol. The van der Waals surface area contributed by atoms with Crippen molar-refractivity contribution in [3.63, 3.8) is 0 Å². The van der Waals surface area contributed by atoms with Crippen molar-refractivity contribution in [1.29, 1.82) is 0 Å². The molecule has 4 heteroatoms. The summed E-state index contributed by atoms with van der Waals surface area (Å²) in [4.78, 5) is 15.5. The van der Waals surface area contributed by atoms with Gasteiger partial charge >= 0.3 is 0 Å². The zero-order chi connectivity index (χ0) is 12.3. The Balaban J connectivity index is 1.93. The number of carbonyl (C=O) groups excluding carboxylic acids is 1. The van der Waals surface area contributed by atoms with Crippen LogP contribution in [-0.2, 0) is 17.8 Å². The predicted octanol–water partition coefficient (Wildman–Crippen LogP) is 2.15. The molecule has 0 saturated heterocycles. The number of thiophene rings is 1. The van der Waals surface area contributed by atoms with Crippen LogP contribution in [0, 0.1) is 0 Å². The van der Waals surface area contributed by atoms with Crippen molar-refractivity contribution in [3.8, 4) is 0 Å². The highest BCUT2D eigenvalue weighted by atomic mass is 32.1. The van der Waals surface area contributed by atoms with Gasteiger partial charge in [-0.3, -0.25) is 4.79 Å². The fraction of sp³-hybridized carbons (Fsp3) is 0.615. The van der Waals surface area contributed by atoms with Gasteiger partial charge in [-0.1, -0.05) is 19.8 Å². The molecule has 94 valence electrons. The number of nitrogens with zero attached hydrogens (tertiary/aromatic N) is 1. The highest BCUT2D eigenvalue weighted by molar-refractivity contribution is 7.10. The third-order valence-corrected chi connectivity index (χ3v) is 4.33. The maximum atomic E-state index is 12.1. The van der Waals surface area contributed by atoms with Crippen LogP contribution in [0.4, 0.5) is 0 Å². The molecule has 1 atom stereocenters. The van der Waals surface area contributed by atoms with Crippen LogP contribution in [0.25, 0.3) is 0 Å². The minimum absolute atomic E-state index is 0.121. The van der Waals surface area contributed by atoms with Crippen molar-refractivity contribution in [2.75, 3.05) is 6.54 Å². The van der Waals surface area contributed by atoms with Gasteiger partial charge in [-0.25, -0.2) is 0 Å². The average Bonchev–Trinajstić information content (AvgIpc) is 2.81. The molecule has 0 aromatic carbocycles. The lowest BCUT2D eigenvalue weighted by Crippen LogP contribution is -2.45. The van der Waals surface area contributed by atoms with E-state index in [1.807, 2.05) is 4.90 Å². The van der Waals surface area contributed by atoms with E-state index >= 15 is 0 Å². The Bertz CT molecular complexity index is 389. The van der Waals surface area contributed by atoms with E-state index in [1.165, 1.54) is 10.4 Å². The summed E-state index contributed by atoms with van der Waals surface area (Å²) in [5.74, 6) is 0.121. The van der Waals surface area contributed by atoms with E-state index in [-0.39, 0.29) is 11.9 Å². The van der Waals surface area contributed by atoms with E-state index in [1.54, 1.807) is 11.3 Å². The summed E-state index contributed by atoms with van der Waals surface area (Å²) in [5, 5.41) is 2.11. The molecule has 1 aromatic heterocycles. The van der Waals surface area contributed by atoms with Gasteiger partial charge in [-0.15, -0.1) is 11.3 Å². The number of nitrogens with two attached hydrogens (primary N) is 1. The van der Waals surface area contributed by atoms with Crippen molar-refractivity contribution < 1.29 is 4.79 Å². The van der Waals surface area contributed by atoms with E-state index in [0.717, 1.165) is 38.8 Å². The van der Waals surface area contributed by atoms with Gasteiger partial charge in [0.25, 0.3) is 0 Å². The van der Waals surface area contributed by atoms with E-state index in [2.05, 4.69) is 18.4 Å². The van der Waals surface area contributed by atoms with E-state index < -0.39 is 0 Å². The Hall–Kier alpha value is -0.870. The van der Waals surface area contributed by atoms with Crippen LogP contribution in [0.1, 0.15) is 36.6 Å². The summed E-state index contributed by atoms with van der Waals surface area (Å²) < 4.78 is 0. The SMILES string of the molecule is CCCC[C@H](N)C(=O)N1CCc2sccc2C1. The van der Waals surface area contributed by atoms with Crippen LogP contribution < -0.4 is 5.73 Å². The van der Waals surface area contributed by atoms with Gasteiger partial charge in [0.1, 0.15) is 0 Å². The molecular weight excluding hydrogens is 232 g/mol. The molecule has 2 heterocycles. The first-order chi connectivity index (χ1) is 8.22.